The number of nitrogens with one attached hydrogen (secondary N) is 1. The fourth-order valence-electron chi connectivity index (χ4n) is 5.14. The monoisotopic (exact) mass is 582 g/mol. The van der Waals surface area contributed by atoms with Crippen molar-refractivity contribution in [3.63, 3.8) is 0 Å². The second kappa shape index (κ2) is 15.2. The van der Waals surface area contributed by atoms with Gasteiger partial charge in [0.25, 0.3) is 0 Å². The van der Waals surface area contributed by atoms with Gasteiger partial charge in [0.2, 0.25) is 17.6 Å². The first kappa shape index (κ1) is 30.9. The molecule has 1 unspecified atom stereocenters. The summed E-state index contributed by atoms with van der Waals surface area (Å²) in [5.41, 5.74) is 1.16. The molecule has 1 fully saturated rings. The number of tetrazole rings is 1. The second-order valence-electron chi connectivity index (χ2n) is 10.1. The average Bonchev–Trinajstić information content (AvgIpc) is 3.47. The summed E-state index contributed by atoms with van der Waals surface area (Å²) in [6.07, 6.45) is 5.53. The smallest absolute Gasteiger partial charge is 0.247 e. The van der Waals surface area contributed by atoms with E-state index in [2.05, 4.69) is 20.7 Å². The molecule has 1 aromatic heterocycles. The van der Waals surface area contributed by atoms with Crippen molar-refractivity contribution < 1.29 is 28.2 Å². The molecule has 226 valence electrons. The van der Waals surface area contributed by atoms with E-state index in [1.165, 1.54) is 28.9 Å². The summed E-state index contributed by atoms with van der Waals surface area (Å²) in [5.74, 6) is 0.274. The van der Waals surface area contributed by atoms with Crippen molar-refractivity contribution in [2.24, 2.45) is 0 Å². The van der Waals surface area contributed by atoms with Crippen LogP contribution in [0.1, 0.15) is 57.1 Å². The van der Waals surface area contributed by atoms with E-state index in [4.69, 9.17) is 14.2 Å². The van der Waals surface area contributed by atoms with E-state index in [0.717, 1.165) is 32.1 Å². The van der Waals surface area contributed by atoms with Crippen LogP contribution in [0.4, 0.5) is 4.39 Å². The molecule has 12 heteroatoms. The molecule has 0 aliphatic heterocycles. The summed E-state index contributed by atoms with van der Waals surface area (Å²) < 4.78 is 30.0. The van der Waals surface area contributed by atoms with E-state index in [1.54, 1.807) is 37.4 Å². The summed E-state index contributed by atoms with van der Waals surface area (Å²) in [4.78, 5) is 30.3. The SMILES string of the molecule is CCOCCCN(C(=O)Cn1nnc(-c2ccc(OC)c(OC)c2)n1)C(C(=O)NC1CCCCC1)c1ccc(F)cc1. The van der Waals surface area contributed by atoms with Gasteiger partial charge in [0, 0.05) is 31.4 Å². The van der Waals surface area contributed by atoms with E-state index in [0.29, 0.717) is 48.1 Å². The van der Waals surface area contributed by atoms with Crippen LogP contribution >= 0.6 is 0 Å². The van der Waals surface area contributed by atoms with Crippen LogP contribution in [0, 0.1) is 5.82 Å². The van der Waals surface area contributed by atoms with Crippen LogP contribution in [-0.2, 0) is 20.9 Å². The standard InChI is InChI=1S/C30H39FN6O5/c1-4-42-18-8-17-36(28(21-11-14-23(31)15-12-21)30(39)32-24-9-6-5-7-10-24)27(38)20-37-34-29(33-35-37)22-13-16-25(40-2)26(19-22)41-3/h11-16,19,24,28H,4-10,17-18,20H2,1-3H3,(H,32,39). The lowest BCUT2D eigenvalue weighted by Crippen LogP contribution is -2.48. The highest BCUT2D eigenvalue weighted by Crippen LogP contribution is 2.31. The fraction of sp³-hybridized carbons (Fsp3) is 0.500. The molecular formula is C30H39FN6O5. The number of ether oxygens (including phenoxy) is 3. The maximum atomic E-state index is 13.9. The third-order valence-corrected chi connectivity index (χ3v) is 7.28. The van der Waals surface area contributed by atoms with Crippen molar-refractivity contribution in [2.75, 3.05) is 34.0 Å². The Kier molecular flexibility index (Phi) is 11.2. The summed E-state index contributed by atoms with van der Waals surface area (Å²) in [7, 11) is 3.08. The lowest BCUT2D eigenvalue weighted by atomic mass is 9.94. The second-order valence-corrected chi connectivity index (χ2v) is 10.1. The highest BCUT2D eigenvalue weighted by Gasteiger charge is 2.33. The van der Waals surface area contributed by atoms with Gasteiger partial charge in [0.1, 0.15) is 18.4 Å². The van der Waals surface area contributed by atoms with Crippen molar-refractivity contribution >= 4 is 11.8 Å². The molecule has 0 saturated heterocycles. The predicted octanol–water partition coefficient (Wildman–Crippen LogP) is 3.94. The number of hydrogen-bond acceptors (Lipinski definition) is 8. The van der Waals surface area contributed by atoms with Crippen molar-refractivity contribution in [1.29, 1.82) is 0 Å². The van der Waals surface area contributed by atoms with E-state index in [-0.39, 0.29) is 30.9 Å². The molecule has 0 bridgehead atoms. The predicted molar refractivity (Wildman–Crippen MR) is 153 cm³/mol. The maximum Gasteiger partial charge on any atom is 0.247 e. The molecule has 4 rings (SSSR count). The third kappa shape index (κ3) is 8.03. The number of amides is 2. The van der Waals surface area contributed by atoms with E-state index < -0.39 is 11.9 Å². The normalized spacial score (nSPS) is 14.3. The zero-order valence-electron chi connectivity index (χ0n) is 24.4. The highest BCUT2D eigenvalue weighted by molar-refractivity contribution is 5.89. The molecule has 42 heavy (non-hydrogen) atoms. The Balaban J connectivity index is 1.59. The molecule has 2 amide bonds. The summed E-state index contributed by atoms with van der Waals surface area (Å²) in [6, 6.07) is 10.00. The molecule has 1 atom stereocenters. The van der Waals surface area contributed by atoms with Crippen LogP contribution in [-0.4, -0.2) is 76.9 Å². The number of halogens is 1. The Morgan fingerprint density at radius 3 is 2.50 bits per heavy atom. The fourth-order valence-corrected chi connectivity index (χ4v) is 5.14. The summed E-state index contributed by atoms with van der Waals surface area (Å²) in [6.45, 7) is 2.86. The Hall–Kier alpha value is -4.06. The van der Waals surface area contributed by atoms with Crippen molar-refractivity contribution in [1.82, 2.24) is 30.4 Å². The highest BCUT2D eigenvalue weighted by atomic mass is 19.1. The lowest BCUT2D eigenvalue weighted by Gasteiger charge is -2.33. The molecule has 1 N–H and O–H groups in total. The first-order chi connectivity index (χ1) is 20.4. The van der Waals surface area contributed by atoms with Gasteiger partial charge in [-0.2, -0.15) is 4.80 Å². The minimum atomic E-state index is -0.963. The Bertz CT molecular complexity index is 1310. The maximum absolute atomic E-state index is 13.9. The van der Waals surface area contributed by atoms with Gasteiger partial charge in [-0.3, -0.25) is 9.59 Å². The number of carbonyl (C=O) groups excluding carboxylic acids is 2. The zero-order valence-corrected chi connectivity index (χ0v) is 24.4. The van der Waals surface area contributed by atoms with Gasteiger partial charge in [-0.25, -0.2) is 4.39 Å². The molecule has 1 aliphatic carbocycles. The molecule has 1 heterocycles. The number of methoxy groups -OCH3 is 2. The van der Waals surface area contributed by atoms with E-state index in [9.17, 15) is 14.0 Å². The van der Waals surface area contributed by atoms with Crippen LogP contribution in [0.5, 0.6) is 11.5 Å². The molecule has 1 saturated carbocycles. The van der Waals surface area contributed by atoms with Gasteiger partial charge >= 0.3 is 0 Å². The van der Waals surface area contributed by atoms with Crippen LogP contribution in [0.25, 0.3) is 11.4 Å². The quantitative estimate of drug-likeness (QED) is 0.284. The number of carbonyl (C=O) groups is 2. The topological polar surface area (TPSA) is 121 Å². The van der Waals surface area contributed by atoms with Gasteiger partial charge in [-0.05, 0) is 67.3 Å². The zero-order chi connectivity index (χ0) is 29.9. The van der Waals surface area contributed by atoms with E-state index in [1.807, 2.05) is 6.92 Å². The molecule has 11 nitrogen and oxygen atoms in total. The van der Waals surface area contributed by atoms with Crippen molar-refractivity contribution in [3.8, 4) is 22.9 Å². The Morgan fingerprint density at radius 2 is 1.81 bits per heavy atom. The van der Waals surface area contributed by atoms with Gasteiger partial charge in [0.15, 0.2) is 11.5 Å². The molecule has 0 spiro atoms. The molecular weight excluding hydrogens is 543 g/mol. The Morgan fingerprint density at radius 1 is 1.07 bits per heavy atom. The van der Waals surface area contributed by atoms with Gasteiger partial charge in [0.05, 0.1) is 14.2 Å². The molecule has 2 aromatic carbocycles. The lowest BCUT2D eigenvalue weighted by molar-refractivity contribution is -0.142. The number of rotatable bonds is 14. The van der Waals surface area contributed by atoms with Gasteiger partial charge in [-0.1, -0.05) is 31.4 Å². The number of hydrogen-bond donors (Lipinski definition) is 1. The van der Waals surface area contributed by atoms with Crippen molar-refractivity contribution in [3.05, 3.63) is 53.8 Å². The van der Waals surface area contributed by atoms with Crippen LogP contribution in [0.3, 0.4) is 0 Å². The third-order valence-electron chi connectivity index (χ3n) is 7.28. The largest absolute Gasteiger partial charge is 0.493 e. The van der Waals surface area contributed by atoms with Crippen LogP contribution in [0.2, 0.25) is 0 Å². The van der Waals surface area contributed by atoms with Crippen LogP contribution < -0.4 is 14.8 Å². The molecule has 1 aliphatic rings. The van der Waals surface area contributed by atoms with Crippen LogP contribution in [0.15, 0.2) is 42.5 Å². The summed E-state index contributed by atoms with van der Waals surface area (Å²) >= 11 is 0. The van der Waals surface area contributed by atoms with Gasteiger partial charge in [-0.15, -0.1) is 10.2 Å². The summed E-state index contributed by atoms with van der Waals surface area (Å²) in [5, 5.41) is 15.8. The van der Waals surface area contributed by atoms with E-state index >= 15 is 0 Å². The average molecular weight is 583 g/mol. The minimum absolute atomic E-state index is 0.0376. The molecule has 3 aromatic rings. The van der Waals surface area contributed by atoms with Crippen molar-refractivity contribution in [2.45, 2.75) is 64.1 Å². The first-order valence-electron chi connectivity index (χ1n) is 14.4. The number of aromatic nitrogens is 4. The number of nitrogens with zero attached hydrogens (tertiary/aromatic N) is 5. The van der Waals surface area contributed by atoms with Gasteiger partial charge < -0.3 is 24.4 Å². The molecule has 0 radical (unpaired) electrons. The first-order valence-corrected chi connectivity index (χ1v) is 14.4. The minimum Gasteiger partial charge on any atom is -0.493 e. The number of benzene rings is 2. The Labute approximate surface area is 245 Å².